The van der Waals surface area contributed by atoms with Gasteiger partial charge in [0.2, 0.25) is 5.95 Å². The molecule has 146 valence electrons. The number of piperazine rings is 1. The Bertz CT molecular complexity index is 877. The quantitative estimate of drug-likeness (QED) is 0.617. The Morgan fingerprint density at radius 2 is 1.75 bits per heavy atom. The fraction of sp³-hybridized carbons (Fsp3) is 0.333. The lowest BCUT2D eigenvalue weighted by molar-refractivity contribution is 0.255. The summed E-state index contributed by atoms with van der Waals surface area (Å²) in [6.45, 7) is 6.62. The molecule has 0 aliphatic carbocycles. The molecule has 0 saturated carbocycles. The van der Waals surface area contributed by atoms with Gasteiger partial charge in [-0.15, -0.1) is 0 Å². The SMILES string of the molecule is Clc1ccccc1-c1ccc(CNCCN2CCN(c3ncccn3)CC2)o1. The summed E-state index contributed by atoms with van der Waals surface area (Å²) in [4.78, 5) is 13.4. The van der Waals surface area contributed by atoms with Gasteiger partial charge in [0.1, 0.15) is 11.5 Å². The molecule has 1 fully saturated rings. The van der Waals surface area contributed by atoms with Crippen LogP contribution in [0.25, 0.3) is 11.3 Å². The molecular weight excluding hydrogens is 374 g/mol. The van der Waals surface area contributed by atoms with E-state index in [0.717, 1.165) is 62.3 Å². The van der Waals surface area contributed by atoms with E-state index in [4.69, 9.17) is 16.0 Å². The molecule has 6 nitrogen and oxygen atoms in total. The lowest BCUT2D eigenvalue weighted by Crippen LogP contribution is -2.48. The fourth-order valence-corrected chi connectivity index (χ4v) is 3.58. The zero-order valence-corrected chi connectivity index (χ0v) is 16.5. The molecule has 3 aromatic rings. The molecule has 1 aliphatic heterocycles. The van der Waals surface area contributed by atoms with E-state index in [2.05, 4.69) is 25.1 Å². The van der Waals surface area contributed by atoms with Gasteiger partial charge >= 0.3 is 0 Å². The minimum atomic E-state index is 0.705. The lowest BCUT2D eigenvalue weighted by atomic mass is 10.2. The molecule has 0 bridgehead atoms. The molecule has 0 unspecified atom stereocenters. The van der Waals surface area contributed by atoms with Crippen LogP contribution in [0, 0.1) is 0 Å². The van der Waals surface area contributed by atoms with Gasteiger partial charge in [-0.05, 0) is 30.3 Å². The first-order valence-corrected chi connectivity index (χ1v) is 9.96. The van der Waals surface area contributed by atoms with Crippen molar-refractivity contribution in [1.29, 1.82) is 0 Å². The second-order valence-electron chi connectivity index (χ2n) is 6.80. The second-order valence-corrected chi connectivity index (χ2v) is 7.21. The first-order valence-electron chi connectivity index (χ1n) is 9.58. The number of aromatic nitrogens is 2. The van der Waals surface area contributed by atoms with Crippen LogP contribution in [0.4, 0.5) is 5.95 Å². The summed E-state index contributed by atoms with van der Waals surface area (Å²) in [6, 6.07) is 13.6. The van der Waals surface area contributed by atoms with E-state index in [9.17, 15) is 0 Å². The molecule has 4 rings (SSSR count). The Labute approximate surface area is 170 Å². The van der Waals surface area contributed by atoms with Crippen molar-refractivity contribution in [1.82, 2.24) is 20.2 Å². The van der Waals surface area contributed by atoms with Crippen LogP contribution in [0.15, 0.2) is 59.3 Å². The Balaban J connectivity index is 1.18. The highest BCUT2D eigenvalue weighted by molar-refractivity contribution is 6.33. The Kier molecular flexibility index (Phi) is 6.21. The summed E-state index contributed by atoms with van der Waals surface area (Å²) in [5.41, 5.74) is 0.927. The first kappa shape index (κ1) is 18.9. The minimum absolute atomic E-state index is 0.705. The minimum Gasteiger partial charge on any atom is -0.460 e. The highest BCUT2D eigenvalue weighted by Crippen LogP contribution is 2.28. The number of nitrogens with one attached hydrogen (secondary N) is 1. The number of hydrogen-bond donors (Lipinski definition) is 1. The number of hydrogen-bond acceptors (Lipinski definition) is 6. The number of benzene rings is 1. The molecule has 1 aliphatic rings. The molecule has 1 aromatic carbocycles. The van der Waals surface area contributed by atoms with Gasteiger partial charge in [-0.25, -0.2) is 9.97 Å². The zero-order chi connectivity index (χ0) is 19.2. The first-order chi connectivity index (χ1) is 13.8. The molecule has 0 amide bonds. The highest BCUT2D eigenvalue weighted by atomic mass is 35.5. The summed E-state index contributed by atoms with van der Waals surface area (Å²) < 4.78 is 5.92. The van der Waals surface area contributed by atoms with Crippen molar-refractivity contribution in [2.75, 3.05) is 44.2 Å². The molecule has 7 heteroatoms. The van der Waals surface area contributed by atoms with Gasteiger partial charge in [-0.2, -0.15) is 0 Å². The van der Waals surface area contributed by atoms with Crippen LogP contribution in [0.1, 0.15) is 5.76 Å². The molecular formula is C21H24ClN5O. The molecule has 0 atom stereocenters. The average Bonchev–Trinajstić information content (AvgIpc) is 3.21. The fourth-order valence-electron chi connectivity index (χ4n) is 3.35. The number of halogens is 1. The molecule has 0 radical (unpaired) electrons. The smallest absolute Gasteiger partial charge is 0.225 e. The van der Waals surface area contributed by atoms with Crippen molar-refractivity contribution >= 4 is 17.5 Å². The van der Waals surface area contributed by atoms with Crippen LogP contribution >= 0.6 is 11.6 Å². The van der Waals surface area contributed by atoms with E-state index in [1.807, 2.05) is 42.5 Å². The molecule has 1 N–H and O–H groups in total. The number of nitrogens with zero attached hydrogens (tertiary/aromatic N) is 4. The normalized spacial score (nSPS) is 15.1. The molecule has 28 heavy (non-hydrogen) atoms. The van der Waals surface area contributed by atoms with Gasteiger partial charge in [-0.3, -0.25) is 4.90 Å². The predicted molar refractivity (Wildman–Crippen MR) is 112 cm³/mol. The average molecular weight is 398 g/mol. The van der Waals surface area contributed by atoms with Crippen molar-refractivity contribution in [2.45, 2.75) is 6.54 Å². The maximum absolute atomic E-state index is 6.24. The number of anilines is 1. The summed E-state index contributed by atoms with van der Waals surface area (Å²) in [5.74, 6) is 2.55. The standard InChI is InChI=1S/C21H24ClN5O/c22-19-5-2-1-4-18(19)20-7-6-17(28-20)16-23-10-11-26-12-14-27(15-13-26)21-24-8-3-9-25-21/h1-9,23H,10-16H2. The van der Waals surface area contributed by atoms with Crippen molar-refractivity contribution in [2.24, 2.45) is 0 Å². The topological polar surface area (TPSA) is 57.4 Å². The monoisotopic (exact) mass is 397 g/mol. The largest absolute Gasteiger partial charge is 0.460 e. The van der Waals surface area contributed by atoms with Crippen molar-refractivity contribution in [3.63, 3.8) is 0 Å². The van der Waals surface area contributed by atoms with E-state index in [0.29, 0.717) is 11.6 Å². The third-order valence-corrected chi connectivity index (χ3v) is 5.24. The molecule has 2 aromatic heterocycles. The Hall–Kier alpha value is -2.41. The van der Waals surface area contributed by atoms with E-state index in [1.165, 1.54) is 0 Å². The lowest BCUT2D eigenvalue weighted by Gasteiger charge is -2.34. The Morgan fingerprint density at radius 1 is 0.964 bits per heavy atom. The van der Waals surface area contributed by atoms with Gasteiger partial charge in [0.25, 0.3) is 0 Å². The number of furan rings is 1. The van der Waals surface area contributed by atoms with Gasteiger partial charge in [-0.1, -0.05) is 23.7 Å². The van der Waals surface area contributed by atoms with Crippen LogP contribution in [0.3, 0.4) is 0 Å². The van der Waals surface area contributed by atoms with Gasteiger partial charge in [0.15, 0.2) is 0 Å². The van der Waals surface area contributed by atoms with E-state index in [1.54, 1.807) is 12.4 Å². The second kappa shape index (κ2) is 9.19. The van der Waals surface area contributed by atoms with Crippen LogP contribution in [-0.2, 0) is 6.54 Å². The maximum Gasteiger partial charge on any atom is 0.225 e. The van der Waals surface area contributed by atoms with Crippen molar-refractivity contribution < 1.29 is 4.42 Å². The van der Waals surface area contributed by atoms with Gasteiger partial charge in [0, 0.05) is 57.2 Å². The third kappa shape index (κ3) is 4.70. The van der Waals surface area contributed by atoms with Crippen molar-refractivity contribution in [3.8, 4) is 11.3 Å². The predicted octanol–water partition coefficient (Wildman–Crippen LogP) is 3.30. The van der Waals surface area contributed by atoms with E-state index >= 15 is 0 Å². The van der Waals surface area contributed by atoms with Crippen molar-refractivity contribution in [3.05, 3.63) is 65.6 Å². The summed E-state index contributed by atoms with van der Waals surface area (Å²) in [5, 5.41) is 4.17. The van der Waals surface area contributed by atoms with E-state index < -0.39 is 0 Å². The summed E-state index contributed by atoms with van der Waals surface area (Å²) >= 11 is 6.24. The molecule has 3 heterocycles. The van der Waals surface area contributed by atoms with E-state index in [-0.39, 0.29) is 0 Å². The summed E-state index contributed by atoms with van der Waals surface area (Å²) in [7, 11) is 0. The molecule has 1 saturated heterocycles. The maximum atomic E-state index is 6.24. The van der Waals surface area contributed by atoms with Crippen LogP contribution in [-0.4, -0.2) is 54.1 Å². The zero-order valence-electron chi connectivity index (χ0n) is 15.7. The highest BCUT2D eigenvalue weighted by Gasteiger charge is 2.18. The van der Waals surface area contributed by atoms with Crippen LogP contribution in [0.5, 0.6) is 0 Å². The van der Waals surface area contributed by atoms with Gasteiger partial charge in [0.05, 0.1) is 11.6 Å². The Morgan fingerprint density at radius 3 is 2.54 bits per heavy atom. The van der Waals surface area contributed by atoms with Crippen LogP contribution < -0.4 is 10.2 Å². The molecule has 0 spiro atoms. The van der Waals surface area contributed by atoms with Crippen LogP contribution in [0.2, 0.25) is 5.02 Å². The third-order valence-electron chi connectivity index (χ3n) is 4.91. The number of rotatable bonds is 7. The summed E-state index contributed by atoms with van der Waals surface area (Å²) in [6.07, 6.45) is 3.59. The van der Waals surface area contributed by atoms with Gasteiger partial charge < -0.3 is 14.6 Å².